The third kappa shape index (κ3) is 3.18. The Morgan fingerprint density at radius 2 is 1.71 bits per heavy atom. The van der Waals surface area contributed by atoms with Crippen LogP contribution in [0.15, 0.2) is 36.4 Å². The van der Waals surface area contributed by atoms with E-state index in [2.05, 4.69) is 5.32 Å². The summed E-state index contributed by atoms with van der Waals surface area (Å²) in [5.41, 5.74) is 0.918. The molecule has 1 heterocycles. The average molecular weight is 328 g/mol. The van der Waals surface area contributed by atoms with Gasteiger partial charge in [0, 0.05) is 6.54 Å². The number of likely N-dealkylation sites (tertiary alicyclic amines) is 1. The topological polar surface area (TPSA) is 75.7 Å². The molecule has 0 saturated carbocycles. The Balaban J connectivity index is 1.55. The van der Waals surface area contributed by atoms with Crippen molar-refractivity contribution in [3.63, 3.8) is 0 Å². The molecular formula is C18H20N2O4. The number of carbonyl (C=O) groups excluding carboxylic acids is 3. The summed E-state index contributed by atoms with van der Waals surface area (Å²) in [6.07, 6.45) is 5.03. The van der Waals surface area contributed by atoms with E-state index in [0.717, 1.165) is 16.2 Å². The number of fused-ring (bicyclic) bond motifs is 1. The van der Waals surface area contributed by atoms with E-state index in [-0.39, 0.29) is 36.1 Å². The van der Waals surface area contributed by atoms with Gasteiger partial charge in [0.05, 0.1) is 18.9 Å². The smallest absolute Gasteiger partial charge is 0.240 e. The molecule has 1 N–H and O–H groups in total. The minimum absolute atomic E-state index is 0.208. The van der Waals surface area contributed by atoms with Crippen molar-refractivity contribution in [3.8, 4) is 5.75 Å². The van der Waals surface area contributed by atoms with Gasteiger partial charge in [0.2, 0.25) is 17.7 Å². The molecule has 0 unspecified atom stereocenters. The van der Waals surface area contributed by atoms with Crippen molar-refractivity contribution in [2.24, 2.45) is 11.8 Å². The molecule has 1 aromatic rings. The van der Waals surface area contributed by atoms with Gasteiger partial charge in [-0.15, -0.1) is 0 Å². The Kier molecular flexibility index (Phi) is 4.64. The fraction of sp³-hybridized carbons (Fsp3) is 0.389. The van der Waals surface area contributed by atoms with Gasteiger partial charge in [-0.3, -0.25) is 19.3 Å². The van der Waals surface area contributed by atoms with Crippen LogP contribution in [0.1, 0.15) is 18.4 Å². The number of nitrogens with one attached hydrogen (secondary N) is 1. The van der Waals surface area contributed by atoms with Gasteiger partial charge in [-0.1, -0.05) is 24.3 Å². The summed E-state index contributed by atoms with van der Waals surface area (Å²) >= 11 is 0. The van der Waals surface area contributed by atoms with Gasteiger partial charge in [0.15, 0.2) is 0 Å². The Bertz CT molecular complexity index is 655. The van der Waals surface area contributed by atoms with E-state index >= 15 is 0 Å². The zero-order valence-electron chi connectivity index (χ0n) is 13.5. The van der Waals surface area contributed by atoms with Gasteiger partial charge < -0.3 is 10.1 Å². The highest BCUT2D eigenvalue weighted by atomic mass is 16.5. The average Bonchev–Trinajstić information content (AvgIpc) is 2.86. The number of amides is 3. The van der Waals surface area contributed by atoms with Crippen LogP contribution in [0.25, 0.3) is 0 Å². The molecule has 1 fully saturated rings. The maximum absolute atomic E-state index is 12.3. The molecule has 3 rings (SSSR count). The number of carbonyl (C=O) groups is 3. The van der Waals surface area contributed by atoms with Gasteiger partial charge in [-0.05, 0) is 30.5 Å². The predicted molar refractivity (Wildman–Crippen MR) is 86.9 cm³/mol. The van der Waals surface area contributed by atoms with E-state index in [4.69, 9.17) is 4.74 Å². The lowest BCUT2D eigenvalue weighted by atomic mass is 9.85. The second kappa shape index (κ2) is 6.86. The van der Waals surface area contributed by atoms with Crippen molar-refractivity contribution in [2.75, 3.05) is 13.7 Å². The fourth-order valence-electron chi connectivity index (χ4n) is 3.17. The number of ether oxygens (including phenoxy) is 1. The van der Waals surface area contributed by atoms with Crippen LogP contribution in [-0.2, 0) is 20.9 Å². The van der Waals surface area contributed by atoms with E-state index in [0.29, 0.717) is 19.4 Å². The number of allylic oxidation sites excluding steroid dienone is 2. The monoisotopic (exact) mass is 328 g/mol. The normalized spacial score (nSPS) is 22.5. The first kappa shape index (κ1) is 16.2. The molecule has 2 atom stereocenters. The standard InChI is InChI=1S/C18H20N2O4/c1-24-13-8-6-12(7-9-13)10-19-16(21)11-20-17(22)14-4-2-3-5-15(14)18(20)23/h2-3,6-9,14-15H,4-5,10-11H2,1H3,(H,19,21)/t14-,15-/m0/s1. The molecular weight excluding hydrogens is 308 g/mol. The van der Waals surface area contributed by atoms with E-state index in [1.807, 2.05) is 36.4 Å². The first-order valence-corrected chi connectivity index (χ1v) is 8.00. The van der Waals surface area contributed by atoms with Crippen LogP contribution >= 0.6 is 0 Å². The largest absolute Gasteiger partial charge is 0.497 e. The lowest BCUT2D eigenvalue weighted by Crippen LogP contribution is -2.40. The van der Waals surface area contributed by atoms with Gasteiger partial charge >= 0.3 is 0 Å². The first-order chi connectivity index (χ1) is 11.6. The van der Waals surface area contributed by atoms with Crippen molar-refractivity contribution in [1.29, 1.82) is 0 Å². The van der Waals surface area contributed by atoms with Crippen LogP contribution in [-0.4, -0.2) is 36.3 Å². The third-order valence-electron chi connectivity index (χ3n) is 4.55. The molecule has 0 spiro atoms. The Hall–Kier alpha value is -2.63. The number of benzene rings is 1. The quantitative estimate of drug-likeness (QED) is 0.652. The summed E-state index contributed by atoms with van der Waals surface area (Å²) < 4.78 is 5.08. The van der Waals surface area contributed by atoms with Crippen LogP contribution in [0.3, 0.4) is 0 Å². The SMILES string of the molecule is COc1ccc(CNC(=O)CN2C(=O)[C@H]3CC=CC[C@@H]3C2=O)cc1. The fourth-order valence-corrected chi connectivity index (χ4v) is 3.17. The molecule has 0 aromatic heterocycles. The summed E-state index contributed by atoms with van der Waals surface area (Å²) in [5.74, 6) is -0.634. The molecule has 1 aliphatic carbocycles. The van der Waals surface area contributed by atoms with Crippen LogP contribution in [0.5, 0.6) is 5.75 Å². The first-order valence-electron chi connectivity index (χ1n) is 8.00. The summed E-state index contributed by atoms with van der Waals surface area (Å²) in [4.78, 5) is 37.8. The van der Waals surface area contributed by atoms with Gasteiger partial charge in [0.1, 0.15) is 12.3 Å². The molecule has 126 valence electrons. The van der Waals surface area contributed by atoms with Crippen LogP contribution < -0.4 is 10.1 Å². The number of imide groups is 1. The molecule has 2 aliphatic rings. The minimum atomic E-state index is -0.334. The Morgan fingerprint density at radius 1 is 1.12 bits per heavy atom. The highest BCUT2D eigenvalue weighted by Gasteiger charge is 2.47. The van der Waals surface area contributed by atoms with Crippen molar-refractivity contribution < 1.29 is 19.1 Å². The molecule has 1 saturated heterocycles. The van der Waals surface area contributed by atoms with Crippen molar-refractivity contribution in [1.82, 2.24) is 10.2 Å². The molecule has 0 radical (unpaired) electrons. The second-order valence-corrected chi connectivity index (χ2v) is 6.04. The van der Waals surface area contributed by atoms with Crippen LogP contribution in [0.4, 0.5) is 0 Å². The maximum Gasteiger partial charge on any atom is 0.240 e. The van der Waals surface area contributed by atoms with Gasteiger partial charge in [-0.2, -0.15) is 0 Å². The highest BCUT2D eigenvalue weighted by Crippen LogP contribution is 2.34. The zero-order valence-corrected chi connectivity index (χ0v) is 13.5. The van der Waals surface area contributed by atoms with Gasteiger partial charge in [0.25, 0.3) is 0 Å². The number of rotatable bonds is 5. The molecule has 0 bridgehead atoms. The highest BCUT2D eigenvalue weighted by molar-refractivity contribution is 6.07. The Morgan fingerprint density at radius 3 is 2.25 bits per heavy atom. The molecule has 1 aliphatic heterocycles. The number of hydrogen-bond acceptors (Lipinski definition) is 4. The number of nitrogens with zero attached hydrogens (tertiary/aromatic N) is 1. The molecule has 3 amide bonds. The minimum Gasteiger partial charge on any atom is -0.497 e. The van der Waals surface area contributed by atoms with E-state index in [9.17, 15) is 14.4 Å². The maximum atomic E-state index is 12.3. The third-order valence-corrected chi connectivity index (χ3v) is 4.55. The van der Waals surface area contributed by atoms with Crippen LogP contribution in [0, 0.1) is 11.8 Å². The molecule has 1 aromatic carbocycles. The van der Waals surface area contributed by atoms with Gasteiger partial charge in [-0.25, -0.2) is 0 Å². The molecule has 6 heteroatoms. The van der Waals surface area contributed by atoms with E-state index < -0.39 is 0 Å². The van der Waals surface area contributed by atoms with Crippen molar-refractivity contribution in [2.45, 2.75) is 19.4 Å². The predicted octanol–water partition coefficient (Wildman–Crippen LogP) is 1.26. The number of methoxy groups -OCH3 is 1. The molecule has 24 heavy (non-hydrogen) atoms. The second-order valence-electron chi connectivity index (χ2n) is 6.04. The lowest BCUT2D eigenvalue weighted by Gasteiger charge is -2.14. The lowest BCUT2D eigenvalue weighted by molar-refractivity contribution is -0.143. The summed E-state index contributed by atoms with van der Waals surface area (Å²) in [6.45, 7) is 0.133. The Labute approximate surface area is 140 Å². The summed E-state index contributed by atoms with van der Waals surface area (Å²) in [7, 11) is 1.59. The number of hydrogen-bond donors (Lipinski definition) is 1. The summed E-state index contributed by atoms with van der Waals surface area (Å²) in [6, 6.07) is 7.33. The summed E-state index contributed by atoms with van der Waals surface area (Å²) in [5, 5.41) is 2.74. The van der Waals surface area contributed by atoms with Crippen LogP contribution in [0.2, 0.25) is 0 Å². The van der Waals surface area contributed by atoms with E-state index in [1.54, 1.807) is 7.11 Å². The zero-order chi connectivity index (χ0) is 17.1. The molecule has 6 nitrogen and oxygen atoms in total. The van der Waals surface area contributed by atoms with Crippen molar-refractivity contribution in [3.05, 3.63) is 42.0 Å². The van der Waals surface area contributed by atoms with E-state index in [1.165, 1.54) is 0 Å². The van der Waals surface area contributed by atoms with Crippen molar-refractivity contribution >= 4 is 17.7 Å².